The number of hydrogen-bond donors (Lipinski definition) is 1. The van der Waals surface area contributed by atoms with Crippen LogP contribution in [-0.4, -0.2) is 71.4 Å². The summed E-state index contributed by atoms with van der Waals surface area (Å²) >= 11 is 0. The van der Waals surface area contributed by atoms with Gasteiger partial charge in [-0.2, -0.15) is 0 Å². The van der Waals surface area contributed by atoms with Crippen LogP contribution in [0.3, 0.4) is 0 Å². The van der Waals surface area contributed by atoms with Crippen LogP contribution in [0.1, 0.15) is 24.8 Å². The maximum atomic E-state index is 13.0. The number of fused-ring (bicyclic) bond motifs is 1. The van der Waals surface area contributed by atoms with Crippen LogP contribution in [0.5, 0.6) is 0 Å². The van der Waals surface area contributed by atoms with Gasteiger partial charge < -0.3 is 14.8 Å². The number of aromatic nitrogens is 1. The highest BCUT2D eigenvalue weighted by atomic mass is 16.2. The van der Waals surface area contributed by atoms with E-state index in [2.05, 4.69) is 51.0 Å². The van der Waals surface area contributed by atoms with Gasteiger partial charge in [0.15, 0.2) is 0 Å². The minimum absolute atomic E-state index is 0.293. The van der Waals surface area contributed by atoms with Crippen molar-refractivity contribution in [3.8, 4) is 0 Å². The van der Waals surface area contributed by atoms with Crippen LogP contribution in [0.15, 0.2) is 30.5 Å². The normalized spacial score (nSPS) is 19.9. The fraction of sp³-hybridized carbons (Fsp3) is 0.550. The molecule has 2 aromatic rings. The smallest absolute Gasteiger partial charge is 0.237 e. The van der Waals surface area contributed by atoms with Crippen molar-refractivity contribution in [2.75, 3.05) is 39.8 Å². The molecule has 25 heavy (non-hydrogen) atoms. The van der Waals surface area contributed by atoms with Gasteiger partial charge in [0.1, 0.15) is 0 Å². The largest absolute Gasteiger partial charge is 0.361 e. The van der Waals surface area contributed by atoms with E-state index in [1.807, 2.05) is 6.20 Å². The average molecular weight is 340 g/mol. The van der Waals surface area contributed by atoms with E-state index in [9.17, 15) is 4.79 Å². The molecule has 5 heteroatoms. The van der Waals surface area contributed by atoms with Gasteiger partial charge in [-0.25, -0.2) is 0 Å². The highest BCUT2D eigenvalue weighted by molar-refractivity contribution is 5.81. The quantitative estimate of drug-likeness (QED) is 0.908. The predicted molar refractivity (Wildman–Crippen MR) is 100 cm³/mol. The van der Waals surface area contributed by atoms with Crippen molar-refractivity contribution in [1.82, 2.24) is 19.7 Å². The monoisotopic (exact) mass is 340 g/mol. The summed E-state index contributed by atoms with van der Waals surface area (Å²) in [5.41, 5.74) is 2.38. The first-order valence-corrected chi connectivity index (χ1v) is 9.45. The van der Waals surface area contributed by atoms with Gasteiger partial charge >= 0.3 is 0 Å². The molecule has 0 bridgehead atoms. The van der Waals surface area contributed by atoms with Gasteiger partial charge in [0, 0.05) is 37.4 Å². The Bertz CT molecular complexity index is 736. The zero-order chi connectivity index (χ0) is 17.2. The second kappa shape index (κ2) is 7.18. The third-order valence-corrected chi connectivity index (χ3v) is 5.45. The molecule has 2 aliphatic rings. The number of hydrogen-bond acceptors (Lipinski definition) is 3. The van der Waals surface area contributed by atoms with Crippen molar-refractivity contribution in [3.63, 3.8) is 0 Å². The second-order valence-corrected chi connectivity index (χ2v) is 7.59. The molecule has 1 saturated heterocycles. The Balaban J connectivity index is 1.42. The lowest BCUT2D eigenvalue weighted by Gasteiger charge is -2.27. The molecule has 0 atom stereocenters. The maximum absolute atomic E-state index is 13.0. The van der Waals surface area contributed by atoms with Crippen molar-refractivity contribution in [1.29, 1.82) is 0 Å². The molecule has 1 aromatic carbocycles. The zero-order valence-corrected chi connectivity index (χ0v) is 15.1. The van der Waals surface area contributed by atoms with Crippen LogP contribution in [0, 0.1) is 0 Å². The highest BCUT2D eigenvalue weighted by Gasteiger charge is 2.33. The molecule has 134 valence electrons. The number of carbonyl (C=O) groups excluding carboxylic acids is 1. The number of nitrogens with one attached hydrogen (secondary N) is 1. The van der Waals surface area contributed by atoms with Gasteiger partial charge in [-0.1, -0.05) is 6.07 Å². The summed E-state index contributed by atoms with van der Waals surface area (Å²) in [7, 11) is 2.17. The molecule has 0 unspecified atom stereocenters. The van der Waals surface area contributed by atoms with E-state index in [0.717, 1.165) is 57.5 Å². The van der Waals surface area contributed by atoms with E-state index in [0.29, 0.717) is 18.5 Å². The lowest BCUT2D eigenvalue weighted by Crippen LogP contribution is -2.42. The molecule has 1 N–H and O–H groups in total. The molecule has 1 amide bonds. The van der Waals surface area contributed by atoms with Gasteiger partial charge in [0.2, 0.25) is 5.91 Å². The number of carbonyl (C=O) groups is 1. The molecule has 4 rings (SSSR count). The fourth-order valence-electron chi connectivity index (χ4n) is 3.75. The molecule has 2 heterocycles. The van der Waals surface area contributed by atoms with Crippen LogP contribution in [0.25, 0.3) is 10.9 Å². The van der Waals surface area contributed by atoms with Gasteiger partial charge in [-0.15, -0.1) is 0 Å². The lowest BCUT2D eigenvalue weighted by atomic mass is 10.1. The molecular weight excluding hydrogens is 312 g/mol. The minimum atomic E-state index is 0.293. The molecular formula is C20H28N4O. The molecule has 1 aliphatic heterocycles. The van der Waals surface area contributed by atoms with E-state index in [4.69, 9.17) is 0 Å². The molecule has 1 aromatic heterocycles. The van der Waals surface area contributed by atoms with Gasteiger partial charge in [0.25, 0.3) is 0 Å². The first-order chi connectivity index (χ1) is 12.2. The van der Waals surface area contributed by atoms with Crippen LogP contribution in [0.2, 0.25) is 0 Å². The van der Waals surface area contributed by atoms with Crippen LogP contribution in [0.4, 0.5) is 0 Å². The SMILES string of the molecule is CN1CCCN(CC(=O)N(Cc2ccc3[nH]ccc3c2)C2CC2)CC1. The van der Waals surface area contributed by atoms with Crippen molar-refractivity contribution in [3.05, 3.63) is 36.0 Å². The van der Waals surface area contributed by atoms with Crippen molar-refractivity contribution in [2.24, 2.45) is 0 Å². The Morgan fingerprint density at radius 2 is 2.08 bits per heavy atom. The van der Waals surface area contributed by atoms with Gasteiger partial charge in [-0.3, -0.25) is 9.69 Å². The number of nitrogens with zero attached hydrogens (tertiary/aromatic N) is 3. The minimum Gasteiger partial charge on any atom is -0.361 e. The number of H-pyrrole nitrogens is 1. The summed E-state index contributed by atoms with van der Waals surface area (Å²) in [6, 6.07) is 9.00. The summed E-state index contributed by atoms with van der Waals surface area (Å²) in [6.45, 7) is 5.52. The van der Waals surface area contributed by atoms with E-state index >= 15 is 0 Å². The molecule has 0 radical (unpaired) electrons. The Labute approximate surface area is 149 Å². The van der Waals surface area contributed by atoms with Crippen LogP contribution in [-0.2, 0) is 11.3 Å². The Morgan fingerprint density at radius 1 is 1.20 bits per heavy atom. The molecule has 1 saturated carbocycles. The summed E-state index contributed by atoms with van der Waals surface area (Å²) in [5, 5.41) is 1.22. The highest BCUT2D eigenvalue weighted by Crippen LogP contribution is 2.29. The third kappa shape index (κ3) is 4.05. The third-order valence-electron chi connectivity index (χ3n) is 5.45. The van der Waals surface area contributed by atoms with Gasteiger partial charge in [0.05, 0.1) is 6.54 Å². The van der Waals surface area contributed by atoms with E-state index in [1.165, 1.54) is 10.9 Å². The van der Waals surface area contributed by atoms with E-state index < -0.39 is 0 Å². The van der Waals surface area contributed by atoms with Crippen LogP contribution >= 0.6 is 0 Å². The van der Waals surface area contributed by atoms with Crippen molar-refractivity contribution < 1.29 is 4.79 Å². The first kappa shape index (κ1) is 16.6. The number of aromatic amines is 1. The molecule has 2 fully saturated rings. The number of benzene rings is 1. The lowest BCUT2D eigenvalue weighted by molar-refractivity contribution is -0.133. The second-order valence-electron chi connectivity index (χ2n) is 7.59. The predicted octanol–water partition coefficient (Wildman–Crippen LogP) is 2.30. The fourth-order valence-corrected chi connectivity index (χ4v) is 3.75. The Hall–Kier alpha value is -1.85. The summed E-state index contributed by atoms with van der Waals surface area (Å²) < 4.78 is 0. The van der Waals surface area contributed by atoms with Crippen molar-refractivity contribution >= 4 is 16.8 Å². The maximum Gasteiger partial charge on any atom is 0.237 e. The number of likely N-dealkylation sites (N-methyl/N-ethyl adjacent to an activating group) is 1. The topological polar surface area (TPSA) is 42.6 Å². The Morgan fingerprint density at radius 3 is 2.92 bits per heavy atom. The number of rotatable bonds is 5. The Kier molecular flexibility index (Phi) is 4.77. The standard InChI is InChI=1S/C20H28N4O/c1-22-9-2-10-23(12-11-22)15-20(25)24(18-4-5-18)14-16-3-6-19-17(13-16)7-8-21-19/h3,6-8,13,18,21H,2,4-5,9-12,14-15H2,1H3. The first-order valence-electron chi connectivity index (χ1n) is 9.45. The summed E-state index contributed by atoms with van der Waals surface area (Å²) in [6.07, 6.45) is 5.42. The molecule has 0 spiro atoms. The average Bonchev–Trinajstić information content (AvgIpc) is 3.37. The molecule has 1 aliphatic carbocycles. The van der Waals surface area contributed by atoms with Gasteiger partial charge in [-0.05, 0) is 68.5 Å². The zero-order valence-electron chi connectivity index (χ0n) is 15.1. The van der Waals surface area contributed by atoms with E-state index in [-0.39, 0.29) is 0 Å². The van der Waals surface area contributed by atoms with Crippen LogP contribution < -0.4 is 0 Å². The summed E-state index contributed by atoms with van der Waals surface area (Å²) in [5.74, 6) is 0.293. The summed E-state index contributed by atoms with van der Waals surface area (Å²) in [4.78, 5) is 23.0. The number of amides is 1. The van der Waals surface area contributed by atoms with E-state index in [1.54, 1.807) is 0 Å². The molecule has 5 nitrogen and oxygen atoms in total. The van der Waals surface area contributed by atoms with Crippen molar-refractivity contribution in [2.45, 2.75) is 31.8 Å².